The highest BCUT2D eigenvalue weighted by Crippen LogP contribution is 2.18. The van der Waals surface area contributed by atoms with Crippen molar-refractivity contribution < 1.29 is 9.84 Å². The summed E-state index contributed by atoms with van der Waals surface area (Å²) >= 11 is 0. The Labute approximate surface area is 97.4 Å². The monoisotopic (exact) mass is 223 g/mol. The molecule has 3 heteroatoms. The van der Waals surface area contributed by atoms with Crippen LogP contribution in [0.15, 0.2) is 24.3 Å². The molecule has 1 aromatic rings. The normalized spacial score (nSPS) is 11.5. The summed E-state index contributed by atoms with van der Waals surface area (Å²) in [4.78, 5) is 0. The van der Waals surface area contributed by atoms with Crippen LogP contribution in [-0.4, -0.2) is 24.4 Å². The third kappa shape index (κ3) is 3.83. The first kappa shape index (κ1) is 13.0. The molecule has 1 rings (SSSR count). The van der Waals surface area contributed by atoms with Gasteiger partial charge in [-0.2, -0.15) is 0 Å². The van der Waals surface area contributed by atoms with Gasteiger partial charge in [0.15, 0.2) is 0 Å². The minimum absolute atomic E-state index is 0.0599. The van der Waals surface area contributed by atoms with Crippen LogP contribution in [0, 0.1) is 0 Å². The van der Waals surface area contributed by atoms with Gasteiger partial charge in [0.05, 0.1) is 7.11 Å². The lowest BCUT2D eigenvalue weighted by molar-refractivity contribution is 0.229. The second-order valence-electron chi connectivity index (χ2n) is 4.52. The van der Waals surface area contributed by atoms with Crippen molar-refractivity contribution in [3.63, 3.8) is 0 Å². The second-order valence-corrected chi connectivity index (χ2v) is 4.52. The molecule has 0 spiro atoms. The van der Waals surface area contributed by atoms with Gasteiger partial charge in [0.2, 0.25) is 0 Å². The molecule has 2 N–H and O–H groups in total. The van der Waals surface area contributed by atoms with Gasteiger partial charge in [0, 0.05) is 24.3 Å². The van der Waals surface area contributed by atoms with E-state index in [4.69, 9.17) is 9.84 Å². The summed E-state index contributed by atoms with van der Waals surface area (Å²) in [6.45, 7) is 5.11. The van der Waals surface area contributed by atoms with E-state index in [0.29, 0.717) is 0 Å². The molecule has 0 saturated carbocycles. The molecular weight excluding hydrogens is 202 g/mol. The zero-order chi connectivity index (χ0) is 12.0. The van der Waals surface area contributed by atoms with Crippen LogP contribution in [0.25, 0.3) is 0 Å². The summed E-state index contributed by atoms with van der Waals surface area (Å²) in [7, 11) is 1.68. The Hall–Kier alpha value is -1.06. The van der Waals surface area contributed by atoms with Crippen molar-refractivity contribution in [1.29, 1.82) is 0 Å². The fourth-order valence-electron chi connectivity index (χ4n) is 1.55. The summed E-state index contributed by atoms with van der Waals surface area (Å²) in [5.41, 5.74) is 1.08. The fourth-order valence-corrected chi connectivity index (χ4v) is 1.55. The van der Waals surface area contributed by atoms with Crippen molar-refractivity contribution in [2.75, 3.05) is 13.7 Å². The molecule has 0 unspecified atom stereocenters. The van der Waals surface area contributed by atoms with Crippen LogP contribution in [0.1, 0.15) is 25.8 Å². The third-order valence-corrected chi connectivity index (χ3v) is 2.69. The summed E-state index contributed by atoms with van der Waals surface area (Å²) in [6, 6.07) is 7.96. The number of hydrogen-bond donors (Lipinski definition) is 2. The van der Waals surface area contributed by atoms with E-state index in [-0.39, 0.29) is 12.1 Å². The van der Waals surface area contributed by atoms with Gasteiger partial charge in [-0.05, 0) is 26.3 Å². The van der Waals surface area contributed by atoms with Gasteiger partial charge in [0.25, 0.3) is 0 Å². The van der Waals surface area contributed by atoms with Crippen LogP contribution in [0.5, 0.6) is 5.75 Å². The Morgan fingerprint density at radius 1 is 1.31 bits per heavy atom. The smallest absolute Gasteiger partial charge is 0.123 e. The molecule has 0 aliphatic heterocycles. The molecule has 1 aromatic carbocycles. The average Bonchev–Trinajstić information content (AvgIpc) is 2.27. The lowest BCUT2D eigenvalue weighted by Crippen LogP contribution is -2.39. The lowest BCUT2D eigenvalue weighted by Gasteiger charge is -2.25. The van der Waals surface area contributed by atoms with Gasteiger partial charge in [-0.3, -0.25) is 0 Å². The number of rotatable bonds is 6. The molecule has 0 amide bonds. The van der Waals surface area contributed by atoms with E-state index in [1.807, 2.05) is 24.3 Å². The second kappa shape index (κ2) is 5.87. The summed E-state index contributed by atoms with van der Waals surface area (Å²) in [5.74, 6) is 0.898. The van der Waals surface area contributed by atoms with E-state index in [1.54, 1.807) is 7.11 Å². The molecule has 16 heavy (non-hydrogen) atoms. The molecule has 0 heterocycles. The highest BCUT2D eigenvalue weighted by Gasteiger charge is 2.16. The molecule has 0 saturated heterocycles. The standard InChI is InChI=1S/C13H21NO2/c1-13(2,8-9-15)14-10-11-6-4-5-7-12(11)16-3/h4-7,14-15H,8-10H2,1-3H3. The molecule has 0 aromatic heterocycles. The zero-order valence-corrected chi connectivity index (χ0v) is 10.3. The van der Waals surface area contributed by atoms with E-state index in [1.165, 1.54) is 0 Å². The van der Waals surface area contributed by atoms with Crippen molar-refractivity contribution >= 4 is 0 Å². The van der Waals surface area contributed by atoms with Crippen LogP contribution in [0.4, 0.5) is 0 Å². The Morgan fingerprint density at radius 2 is 2.00 bits per heavy atom. The third-order valence-electron chi connectivity index (χ3n) is 2.69. The van der Waals surface area contributed by atoms with Crippen LogP contribution in [0.3, 0.4) is 0 Å². The molecule has 0 bridgehead atoms. The number of ether oxygens (including phenoxy) is 1. The molecule has 0 aliphatic carbocycles. The van der Waals surface area contributed by atoms with Gasteiger partial charge < -0.3 is 15.2 Å². The quantitative estimate of drug-likeness (QED) is 0.774. The van der Waals surface area contributed by atoms with E-state index in [2.05, 4.69) is 19.2 Å². The highest BCUT2D eigenvalue weighted by atomic mass is 16.5. The van der Waals surface area contributed by atoms with Crippen LogP contribution in [0.2, 0.25) is 0 Å². The van der Waals surface area contributed by atoms with E-state index < -0.39 is 0 Å². The predicted octanol–water partition coefficient (Wildman–Crippen LogP) is 1.95. The zero-order valence-electron chi connectivity index (χ0n) is 10.3. The maximum Gasteiger partial charge on any atom is 0.123 e. The van der Waals surface area contributed by atoms with Crippen molar-refractivity contribution in [1.82, 2.24) is 5.32 Å². The van der Waals surface area contributed by atoms with Gasteiger partial charge in [0.1, 0.15) is 5.75 Å². The Balaban J connectivity index is 2.60. The molecular formula is C13H21NO2. The summed E-state index contributed by atoms with van der Waals surface area (Å²) < 4.78 is 5.28. The number of hydrogen-bond acceptors (Lipinski definition) is 3. The van der Waals surface area contributed by atoms with Crippen LogP contribution < -0.4 is 10.1 Å². The Bertz CT molecular complexity index is 323. The first-order chi connectivity index (χ1) is 7.59. The maximum absolute atomic E-state index is 8.94. The SMILES string of the molecule is COc1ccccc1CNC(C)(C)CCO. The van der Waals surface area contributed by atoms with E-state index in [0.717, 1.165) is 24.3 Å². The fraction of sp³-hybridized carbons (Fsp3) is 0.538. The predicted molar refractivity (Wildman–Crippen MR) is 65.6 cm³/mol. The van der Waals surface area contributed by atoms with Gasteiger partial charge in [-0.25, -0.2) is 0 Å². The molecule has 0 atom stereocenters. The lowest BCUT2D eigenvalue weighted by atomic mass is 10.0. The number of nitrogens with one attached hydrogen (secondary N) is 1. The minimum atomic E-state index is -0.0599. The maximum atomic E-state index is 8.94. The number of aliphatic hydroxyl groups is 1. The Kier molecular flexibility index (Phi) is 4.77. The minimum Gasteiger partial charge on any atom is -0.496 e. The molecule has 0 aliphatic rings. The van der Waals surface area contributed by atoms with Crippen molar-refractivity contribution in [3.05, 3.63) is 29.8 Å². The topological polar surface area (TPSA) is 41.5 Å². The van der Waals surface area contributed by atoms with Crippen molar-refractivity contribution in [2.45, 2.75) is 32.4 Å². The molecule has 0 fully saturated rings. The Morgan fingerprint density at radius 3 is 2.62 bits per heavy atom. The molecule has 0 radical (unpaired) electrons. The van der Waals surface area contributed by atoms with Crippen LogP contribution in [-0.2, 0) is 6.54 Å². The number of methoxy groups -OCH3 is 1. The highest BCUT2D eigenvalue weighted by molar-refractivity contribution is 5.33. The van der Waals surface area contributed by atoms with Gasteiger partial charge >= 0.3 is 0 Å². The van der Waals surface area contributed by atoms with Crippen LogP contribution >= 0.6 is 0 Å². The summed E-state index contributed by atoms with van der Waals surface area (Å²) in [6.07, 6.45) is 0.738. The van der Waals surface area contributed by atoms with Gasteiger partial charge in [-0.15, -0.1) is 0 Å². The van der Waals surface area contributed by atoms with Gasteiger partial charge in [-0.1, -0.05) is 18.2 Å². The van der Waals surface area contributed by atoms with Crippen molar-refractivity contribution in [2.24, 2.45) is 0 Å². The number of aliphatic hydroxyl groups excluding tert-OH is 1. The number of benzene rings is 1. The largest absolute Gasteiger partial charge is 0.496 e. The van der Waals surface area contributed by atoms with E-state index in [9.17, 15) is 0 Å². The number of para-hydroxylation sites is 1. The molecule has 90 valence electrons. The summed E-state index contributed by atoms with van der Waals surface area (Å²) in [5, 5.41) is 12.3. The van der Waals surface area contributed by atoms with Crippen molar-refractivity contribution in [3.8, 4) is 5.75 Å². The first-order valence-corrected chi connectivity index (χ1v) is 5.57. The first-order valence-electron chi connectivity index (χ1n) is 5.57. The average molecular weight is 223 g/mol. The molecule has 3 nitrogen and oxygen atoms in total. The van der Waals surface area contributed by atoms with E-state index >= 15 is 0 Å².